The van der Waals surface area contributed by atoms with Gasteiger partial charge in [0.1, 0.15) is 0 Å². The largest absolute Gasteiger partial charge is 0.368 e. The maximum absolute atomic E-state index is 11.6. The average molecular weight is 294 g/mol. The Bertz CT molecular complexity index is 455. The molecule has 1 rings (SSSR count). The Morgan fingerprint density at radius 1 is 1.33 bits per heavy atom. The highest BCUT2D eigenvalue weighted by molar-refractivity contribution is 5.84. The van der Waals surface area contributed by atoms with Crippen LogP contribution in [0.1, 0.15) is 58.3 Å². The van der Waals surface area contributed by atoms with Crippen LogP contribution in [0, 0.1) is 0 Å². The molecule has 0 bridgehead atoms. The summed E-state index contributed by atoms with van der Waals surface area (Å²) in [6.07, 6.45) is 4.70. The van der Waals surface area contributed by atoms with Crippen molar-refractivity contribution in [1.29, 1.82) is 0 Å². The van der Waals surface area contributed by atoms with Crippen molar-refractivity contribution >= 4 is 5.91 Å². The molecule has 0 radical (unpaired) electrons. The summed E-state index contributed by atoms with van der Waals surface area (Å²) in [5.41, 5.74) is 7.34. The number of aryl methyl sites for hydroxylation is 3. The van der Waals surface area contributed by atoms with Crippen molar-refractivity contribution in [3.8, 4) is 0 Å². The second-order valence-electron chi connectivity index (χ2n) is 5.74. The van der Waals surface area contributed by atoms with Gasteiger partial charge in [-0.2, -0.15) is 5.10 Å². The highest BCUT2D eigenvalue weighted by Gasteiger charge is 2.28. The molecule has 120 valence electrons. The molecule has 0 aliphatic rings. The molecule has 5 heteroatoms. The zero-order chi connectivity index (χ0) is 15.9. The summed E-state index contributed by atoms with van der Waals surface area (Å²) >= 11 is 0. The highest BCUT2D eigenvalue weighted by Crippen LogP contribution is 2.15. The maximum atomic E-state index is 11.6. The lowest BCUT2D eigenvalue weighted by Crippen LogP contribution is -2.52. The third-order valence-electron chi connectivity index (χ3n) is 4.05. The predicted molar refractivity (Wildman–Crippen MR) is 86.1 cm³/mol. The monoisotopic (exact) mass is 294 g/mol. The zero-order valence-corrected chi connectivity index (χ0v) is 13.9. The number of nitrogens with zero attached hydrogens (tertiary/aromatic N) is 2. The fraction of sp³-hybridized carbons (Fsp3) is 0.750. The van der Waals surface area contributed by atoms with Gasteiger partial charge in [-0.25, -0.2) is 0 Å². The molecule has 0 saturated carbocycles. The first-order chi connectivity index (χ1) is 9.96. The third-order valence-corrected chi connectivity index (χ3v) is 4.05. The summed E-state index contributed by atoms with van der Waals surface area (Å²) in [7, 11) is 0. The molecule has 0 saturated heterocycles. The number of amides is 1. The van der Waals surface area contributed by atoms with E-state index in [0.717, 1.165) is 50.9 Å². The number of rotatable bonds is 10. The molecule has 1 aromatic heterocycles. The van der Waals surface area contributed by atoms with Crippen LogP contribution in [0.15, 0.2) is 6.07 Å². The Morgan fingerprint density at radius 3 is 2.57 bits per heavy atom. The van der Waals surface area contributed by atoms with E-state index < -0.39 is 5.54 Å². The molecule has 1 amide bonds. The van der Waals surface area contributed by atoms with Crippen molar-refractivity contribution in [2.75, 3.05) is 6.54 Å². The number of nitrogens with one attached hydrogen (secondary N) is 1. The lowest BCUT2D eigenvalue weighted by molar-refractivity contribution is -0.124. The molecule has 1 heterocycles. The van der Waals surface area contributed by atoms with Crippen LogP contribution in [-0.2, 0) is 24.2 Å². The summed E-state index contributed by atoms with van der Waals surface area (Å²) in [6.45, 7) is 9.82. The predicted octanol–water partition coefficient (Wildman–Crippen LogP) is 2.03. The van der Waals surface area contributed by atoms with Crippen LogP contribution in [-0.4, -0.2) is 27.8 Å². The van der Waals surface area contributed by atoms with Gasteiger partial charge >= 0.3 is 0 Å². The van der Waals surface area contributed by atoms with Crippen LogP contribution in [0.2, 0.25) is 0 Å². The number of carbonyl (C=O) groups is 1. The van der Waals surface area contributed by atoms with E-state index in [2.05, 4.69) is 35.0 Å². The first kappa shape index (κ1) is 17.7. The van der Waals surface area contributed by atoms with Crippen molar-refractivity contribution < 1.29 is 4.79 Å². The quantitative estimate of drug-likeness (QED) is 0.649. The minimum absolute atomic E-state index is 0.272. The van der Waals surface area contributed by atoms with Crippen LogP contribution < -0.4 is 11.1 Å². The molecule has 0 fully saturated rings. The van der Waals surface area contributed by atoms with Gasteiger partial charge < -0.3 is 11.1 Å². The number of hydrogen-bond acceptors (Lipinski definition) is 3. The zero-order valence-electron chi connectivity index (χ0n) is 13.9. The fourth-order valence-electron chi connectivity index (χ4n) is 2.59. The average Bonchev–Trinajstić information content (AvgIpc) is 2.86. The Morgan fingerprint density at radius 2 is 2.05 bits per heavy atom. The van der Waals surface area contributed by atoms with Gasteiger partial charge in [0.15, 0.2) is 0 Å². The standard InChI is InChI=1S/C16H30N4O/c1-5-13-12-14(6-2)20(19-13)11-9-8-10-16(4,15(17)21)18-7-3/h12,18H,5-11H2,1-4H3,(H2,17,21). The number of unbranched alkanes of at least 4 members (excludes halogenated alkanes) is 1. The second-order valence-corrected chi connectivity index (χ2v) is 5.74. The summed E-state index contributed by atoms with van der Waals surface area (Å²) in [5.74, 6) is -0.272. The minimum atomic E-state index is -0.596. The van der Waals surface area contributed by atoms with Gasteiger partial charge in [0.25, 0.3) is 0 Å². The normalized spacial score (nSPS) is 14.1. The second kappa shape index (κ2) is 8.17. The Labute approximate surface area is 128 Å². The highest BCUT2D eigenvalue weighted by atomic mass is 16.1. The van der Waals surface area contributed by atoms with Crippen LogP contribution in [0.5, 0.6) is 0 Å². The number of likely N-dealkylation sites (N-methyl/N-ethyl adjacent to an activating group) is 1. The first-order valence-electron chi connectivity index (χ1n) is 8.07. The number of carbonyl (C=O) groups excluding carboxylic acids is 1. The van der Waals surface area contributed by atoms with Gasteiger partial charge in [0.05, 0.1) is 11.2 Å². The summed E-state index contributed by atoms with van der Waals surface area (Å²) in [5, 5.41) is 7.81. The summed E-state index contributed by atoms with van der Waals surface area (Å²) < 4.78 is 2.10. The van der Waals surface area contributed by atoms with E-state index in [1.54, 1.807) is 0 Å². The molecule has 5 nitrogen and oxygen atoms in total. The minimum Gasteiger partial charge on any atom is -0.368 e. The van der Waals surface area contributed by atoms with Crippen molar-refractivity contribution in [2.45, 2.75) is 71.9 Å². The number of primary amides is 1. The smallest absolute Gasteiger partial charge is 0.237 e. The van der Waals surface area contributed by atoms with Crippen molar-refractivity contribution in [2.24, 2.45) is 5.73 Å². The first-order valence-corrected chi connectivity index (χ1v) is 8.07. The van der Waals surface area contributed by atoms with E-state index in [-0.39, 0.29) is 5.91 Å². The van der Waals surface area contributed by atoms with E-state index in [0.29, 0.717) is 0 Å². The Balaban J connectivity index is 2.50. The van der Waals surface area contributed by atoms with Crippen molar-refractivity contribution in [3.63, 3.8) is 0 Å². The van der Waals surface area contributed by atoms with Crippen molar-refractivity contribution in [3.05, 3.63) is 17.5 Å². The molecule has 3 N–H and O–H groups in total. The number of nitrogens with two attached hydrogens (primary N) is 1. The lowest BCUT2D eigenvalue weighted by Gasteiger charge is -2.26. The van der Waals surface area contributed by atoms with Gasteiger partial charge in [-0.15, -0.1) is 0 Å². The fourth-order valence-corrected chi connectivity index (χ4v) is 2.59. The Hall–Kier alpha value is -1.36. The van der Waals surface area contributed by atoms with Crippen LogP contribution >= 0.6 is 0 Å². The molecule has 0 spiro atoms. The lowest BCUT2D eigenvalue weighted by atomic mass is 9.94. The van der Waals surface area contributed by atoms with Crippen LogP contribution in [0.4, 0.5) is 0 Å². The van der Waals surface area contributed by atoms with E-state index in [4.69, 9.17) is 5.73 Å². The van der Waals surface area contributed by atoms with Crippen LogP contribution in [0.25, 0.3) is 0 Å². The number of hydrogen-bond donors (Lipinski definition) is 2. The molecule has 1 aromatic rings. The summed E-state index contributed by atoms with van der Waals surface area (Å²) in [6, 6.07) is 2.19. The molecule has 21 heavy (non-hydrogen) atoms. The third kappa shape index (κ3) is 4.84. The summed E-state index contributed by atoms with van der Waals surface area (Å²) in [4.78, 5) is 11.6. The van der Waals surface area contributed by atoms with Gasteiger partial charge in [-0.05, 0) is 51.6 Å². The SMILES string of the molecule is CCNC(C)(CCCCn1nc(CC)cc1CC)C(N)=O. The molecule has 1 unspecified atom stereocenters. The molecule has 0 aliphatic carbocycles. The molecular formula is C16H30N4O. The molecule has 0 aliphatic heterocycles. The maximum Gasteiger partial charge on any atom is 0.237 e. The van der Waals surface area contributed by atoms with E-state index in [1.807, 2.05) is 13.8 Å². The Kier molecular flexibility index (Phi) is 6.89. The van der Waals surface area contributed by atoms with E-state index in [1.165, 1.54) is 5.69 Å². The topological polar surface area (TPSA) is 72.9 Å². The van der Waals surface area contributed by atoms with E-state index in [9.17, 15) is 4.79 Å². The van der Waals surface area contributed by atoms with Crippen LogP contribution in [0.3, 0.4) is 0 Å². The molecular weight excluding hydrogens is 264 g/mol. The van der Waals surface area contributed by atoms with Gasteiger partial charge in [0.2, 0.25) is 5.91 Å². The van der Waals surface area contributed by atoms with Gasteiger partial charge in [0, 0.05) is 12.2 Å². The van der Waals surface area contributed by atoms with E-state index >= 15 is 0 Å². The molecule has 0 aromatic carbocycles. The van der Waals surface area contributed by atoms with Gasteiger partial charge in [-0.3, -0.25) is 9.48 Å². The number of aromatic nitrogens is 2. The van der Waals surface area contributed by atoms with Gasteiger partial charge in [-0.1, -0.05) is 20.8 Å². The molecule has 1 atom stereocenters. The van der Waals surface area contributed by atoms with Crippen molar-refractivity contribution in [1.82, 2.24) is 15.1 Å².